The molecule has 0 bridgehead atoms. The molecule has 0 aromatic carbocycles. The number of amides is 1. The molecule has 2 heterocycles. The molecular weight excluding hydrogens is 262 g/mol. The lowest BCUT2D eigenvalue weighted by Gasteiger charge is -2.31. The summed E-state index contributed by atoms with van der Waals surface area (Å²) in [6.45, 7) is 3.21. The predicted molar refractivity (Wildman–Crippen MR) is 72.9 cm³/mol. The van der Waals surface area contributed by atoms with Crippen LogP contribution in [0.1, 0.15) is 35.1 Å². The average molecular weight is 281 g/mol. The van der Waals surface area contributed by atoms with Gasteiger partial charge in [0.1, 0.15) is 0 Å². The van der Waals surface area contributed by atoms with Gasteiger partial charge in [0.15, 0.2) is 5.79 Å². The Kier molecular flexibility index (Phi) is 3.37. The molecule has 2 N–H and O–H groups in total. The Hall–Kier alpha value is -0.910. The van der Waals surface area contributed by atoms with E-state index in [1.807, 2.05) is 6.92 Å². The van der Waals surface area contributed by atoms with Crippen LogP contribution in [0.5, 0.6) is 0 Å². The van der Waals surface area contributed by atoms with Crippen molar-refractivity contribution in [2.24, 2.45) is 11.7 Å². The normalized spacial score (nSPS) is 22.4. The largest absolute Gasteiger partial charge is 0.369 e. The van der Waals surface area contributed by atoms with E-state index in [9.17, 15) is 4.79 Å². The minimum absolute atomic E-state index is 0.124. The molecule has 3 rings (SSSR count). The van der Waals surface area contributed by atoms with E-state index in [1.54, 1.807) is 11.3 Å². The monoisotopic (exact) mass is 281 g/mol. The average Bonchev–Trinajstić information content (AvgIpc) is 2.97. The van der Waals surface area contributed by atoms with Crippen molar-refractivity contribution in [3.63, 3.8) is 0 Å². The Morgan fingerprint density at radius 2 is 2.26 bits per heavy atom. The molecular formula is C14H19NO3S. The second-order valence-corrected chi connectivity index (χ2v) is 6.58. The summed E-state index contributed by atoms with van der Waals surface area (Å²) in [6.07, 6.45) is 3.82. The number of ether oxygens (including phenoxy) is 2. The van der Waals surface area contributed by atoms with E-state index in [2.05, 4.69) is 6.07 Å². The Morgan fingerprint density at radius 1 is 1.53 bits per heavy atom. The number of thiophene rings is 1. The fourth-order valence-electron chi connectivity index (χ4n) is 2.87. The lowest BCUT2D eigenvalue weighted by Crippen LogP contribution is -2.30. The van der Waals surface area contributed by atoms with Gasteiger partial charge in [-0.15, -0.1) is 11.3 Å². The number of carbonyl (C=O) groups excluding carboxylic acids is 1. The summed E-state index contributed by atoms with van der Waals surface area (Å²) in [6, 6.07) is 2.16. The number of rotatable bonds is 3. The number of hydrogen-bond acceptors (Lipinski definition) is 4. The van der Waals surface area contributed by atoms with Gasteiger partial charge < -0.3 is 15.2 Å². The zero-order valence-electron chi connectivity index (χ0n) is 11.1. The van der Waals surface area contributed by atoms with Gasteiger partial charge in [-0.2, -0.15) is 0 Å². The van der Waals surface area contributed by atoms with Gasteiger partial charge in [-0.1, -0.05) is 6.92 Å². The maximum Gasteiger partial charge on any atom is 0.220 e. The Balaban J connectivity index is 1.87. The number of fused-ring (bicyclic) bond motifs is 2. The lowest BCUT2D eigenvalue weighted by atomic mass is 9.92. The highest BCUT2D eigenvalue weighted by molar-refractivity contribution is 7.12. The Bertz CT molecular complexity index is 491. The van der Waals surface area contributed by atoms with E-state index in [0.717, 1.165) is 19.3 Å². The fraction of sp³-hybridized carbons (Fsp3) is 0.643. The van der Waals surface area contributed by atoms with Crippen molar-refractivity contribution < 1.29 is 14.3 Å². The molecule has 1 aromatic rings. The number of primary amides is 1. The Morgan fingerprint density at radius 3 is 2.95 bits per heavy atom. The lowest BCUT2D eigenvalue weighted by molar-refractivity contribution is -0.175. The molecule has 1 spiro atoms. The van der Waals surface area contributed by atoms with Crippen molar-refractivity contribution >= 4 is 17.2 Å². The van der Waals surface area contributed by atoms with Crippen LogP contribution in [0, 0.1) is 5.92 Å². The van der Waals surface area contributed by atoms with Gasteiger partial charge in [-0.05, 0) is 25.3 Å². The topological polar surface area (TPSA) is 61.6 Å². The molecule has 1 aromatic heterocycles. The third-order valence-electron chi connectivity index (χ3n) is 3.93. The summed E-state index contributed by atoms with van der Waals surface area (Å²) >= 11 is 1.77. The van der Waals surface area contributed by atoms with Gasteiger partial charge in [-0.25, -0.2) is 0 Å². The van der Waals surface area contributed by atoms with Crippen LogP contribution in [-0.2, 0) is 32.9 Å². The van der Waals surface area contributed by atoms with Gasteiger partial charge in [0, 0.05) is 27.7 Å². The van der Waals surface area contributed by atoms with Crippen LogP contribution in [0.15, 0.2) is 6.07 Å². The molecule has 1 aliphatic heterocycles. The first-order chi connectivity index (χ1) is 9.11. The van der Waals surface area contributed by atoms with Crippen molar-refractivity contribution in [1.29, 1.82) is 0 Å². The Labute approximate surface area is 116 Å². The zero-order chi connectivity index (χ0) is 13.5. The molecule has 1 aliphatic carbocycles. The predicted octanol–water partition coefficient (Wildman–Crippen LogP) is 1.95. The summed E-state index contributed by atoms with van der Waals surface area (Å²) in [5.41, 5.74) is 6.53. The molecule has 4 nitrogen and oxygen atoms in total. The summed E-state index contributed by atoms with van der Waals surface area (Å²) < 4.78 is 11.7. The molecule has 1 saturated heterocycles. The molecule has 5 heteroatoms. The van der Waals surface area contributed by atoms with E-state index in [4.69, 9.17) is 15.2 Å². The van der Waals surface area contributed by atoms with Gasteiger partial charge >= 0.3 is 0 Å². The first kappa shape index (κ1) is 13.1. The third kappa shape index (κ3) is 2.30. The van der Waals surface area contributed by atoms with Crippen molar-refractivity contribution in [1.82, 2.24) is 0 Å². The number of hydrogen-bond donors (Lipinski definition) is 1. The molecule has 2 aliphatic rings. The highest BCUT2D eigenvalue weighted by atomic mass is 32.1. The van der Waals surface area contributed by atoms with Crippen molar-refractivity contribution in [3.8, 4) is 0 Å². The number of aryl methyl sites for hydroxylation is 1. The van der Waals surface area contributed by atoms with Gasteiger partial charge in [0.05, 0.1) is 13.2 Å². The fourth-order valence-corrected chi connectivity index (χ4v) is 4.26. The summed E-state index contributed by atoms with van der Waals surface area (Å²) in [4.78, 5) is 13.7. The van der Waals surface area contributed by atoms with Crippen LogP contribution >= 0.6 is 11.3 Å². The van der Waals surface area contributed by atoms with E-state index in [-0.39, 0.29) is 11.8 Å². The minimum Gasteiger partial charge on any atom is -0.369 e. The van der Waals surface area contributed by atoms with Gasteiger partial charge in [-0.3, -0.25) is 4.79 Å². The summed E-state index contributed by atoms with van der Waals surface area (Å²) in [7, 11) is 0. The molecule has 1 atom stereocenters. The second-order valence-electron chi connectivity index (χ2n) is 5.36. The van der Waals surface area contributed by atoms with Crippen molar-refractivity contribution in [3.05, 3.63) is 21.4 Å². The van der Waals surface area contributed by atoms with Crippen molar-refractivity contribution in [2.75, 3.05) is 13.2 Å². The molecule has 104 valence electrons. The highest BCUT2D eigenvalue weighted by Crippen LogP contribution is 2.45. The first-order valence-corrected chi connectivity index (χ1v) is 7.62. The smallest absolute Gasteiger partial charge is 0.220 e. The standard InChI is InChI=1S/C14H19NO3S/c1-9(13(15)16)7-10-8-11-12(19-10)3-2-4-14(11)17-5-6-18-14/h8-9H,2-7H2,1H3,(H2,15,16). The maximum absolute atomic E-state index is 11.2. The van der Waals surface area contributed by atoms with E-state index in [1.165, 1.54) is 15.3 Å². The van der Waals surface area contributed by atoms with Crippen LogP contribution in [0.2, 0.25) is 0 Å². The van der Waals surface area contributed by atoms with Crippen LogP contribution in [-0.4, -0.2) is 19.1 Å². The molecule has 19 heavy (non-hydrogen) atoms. The second kappa shape index (κ2) is 4.89. The van der Waals surface area contributed by atoms with E-state index >= 15 is 0 Å². The van der Waals surface area contributed by atoms with Crippen LogP contribution in [0.3, 0.4) is 0 Å². The van der Waals surface area contributed by atoms with Gasteiger partial charge in [0.25, 0.3) is 0 Å². The molecule has 1 amide bonds. The SMILES string of the molecule is CC(Cc1cc2c(s1)CCCC21OCCO1)C(N)=O. The van der Waals surface area contributed by atoms with Crippen LogP contribution in [0.25, 0.3) is 0 Å². The molecule has 0 radical (unpaired) electrons. The summed E-state index contributed by atoms with van der Waals surface area (Å²) in [5.74, 6) is -0.867. The van der Waals surface area contributed by atoms with E-state index in [0.29, 0.717) is 19.6 Å². The van der Waals surface area contributed by atoms with Crippen molar-refractivity contribution in [2.45, 2.75) is 38.4 Å². The van der Waals surface area contributed by atoms with Gasteiger partial charge in [0.2, 0.25) is 5.91 Å². The van der Waals surface area contributed by atoms with Crippen LogP contribution < -0.4 is 5.73 Å². The van der Waals surface area contributed by atoms with Crippen LogP contribution in [0.4, 0.5) is 0 Å². The number of nitrogens with two attached hydrogens (primary N) is 1. The molecule has 1 fully saturated rings. The molecule has 0 saturated carbocycles. The quantitative estimate of drug-likeness (QED) is 0.921. The minimum atomic E-state index is -0.502. The number of carbonyl (C=O) groups is 1. The maximum atomic E-state index is 11.2. The highest BCUT2D eigenvalue weighted by Gasteiger charge is 2.43. The first-order valence-electron chi connectivity index (χ1n) is 6.80. The molecule has 1 unspecified atom stereocenters. The third-order valence-corrected chi connectivity index (χ3v) is 5.14. The van der Waals surface area contributed by atoms with E-state index < -0.39 is 5.79 Å². The zero-order valence-corrected chi connectivity index (χ0v) is 11.9. The summed E-state index contributed by atoms with van der Waals surface area (Å²) in [5, 5.41) is 0.